The molecule has 1 aliphatic rings. The number of thiophene rings is 1. The summed E-state index contributed by atoms with van der Waals surface area (Å²) in [6.45, 7) is 7.64. The summed E-state index contributed by atoms with van der Waals surface area (Å²) in [6, 6.07) is 11.0. The minimum atomic E-state index is -0.0220. The van der Waals surface area contributed by atoms with Crippen molar-refractivity contribution in [2.75, 3.05) is 0 Å². The number of aromatic nitrogens is 5. The maximum absolute atomic E-state index is 13.2. The lowest BCUT2D eigenvalue weighted by Gasteiger charge is -2.31. The predicted molar refractivity (Wildman–Crippen MR) is 141 cm³/mol. The van der Waals surface area contributed by atoms with Crippen molar-refractivity contribution in [1.82, 2.24) is 30.1 Å². The number of aromatic amines is 1. The number of hydrogen-bond donors (Lipinski definition) is 1. The highest BCUT2D eigenvalue weighted by molar-refractivity contribution is 7.09. The Morgan fingerprint density at radius 3 is 2.77 bits per heavy atom. The zero-order valence-corrected chi connectivity index (χ0v) is 21.6. The van der Waals surface area contributed by atoms with Crippen LogP contribution in [0.2, 0.25) is 0 Å². The molecular formula is C27H34N6OS. The number of aryl methyl sites for hydroxylation is 2. The number of pyridine rings is 1. The van der Waals surface area contributed by atoms with Gasteiger partial charge in [0.1, 0.15) is 0 Å². The third kappa shape index (κ3) is 5.09. The van der Waals surface area contributed by atoms with E-state index in [4.69, 9.17) is 0 Å². The van der Waals surface area contributed by atoms with E-state index in [0.717, 1.165) is 60.1 Å². The molecular weight excluding hydrogens is 456 g/mol. The van der Waals surface area contributed by atoms with Crippen molar-refractivity contribution in [3.05, 3.63) is 73.5 Å². The molecule has 1 aromatic carbocycles. The van der Waals surface area contributed by atoms with Crippen LogP contribution in [0.4, 0.5) is 0 Å². The maximum atomic E-state index is 13.2. The largest absolute Gasteiger partial charge is 0.321 e. The maximum Gasteiger partial charge on any atom is 0.252 e. The minimum Gasteiger partial charge on any atom is -0.321 e. The fourth-order valence-electron chi connectivity index (χ4n) is 5.52. The standard InChI is InChI=1S/C27H34N6OS/c1-4-8-24(26-29-30-31-33(26)22-9-5-6-10-22)32(17-23-11-7-12-35-23)16-21-15-20-14-18(2)13-19(3)25(20)28-27(21)34/h7,11-15,22,24H,4-6,8-10,16-17H2,1-3H3,(H,28,34). The van der Waals surface area contributed by atoms with Crippen LogP contribution in [0.15, 0.2) is 40.5 Å². The second-order valence-corrected chi connectivity index (χ2v) is 10.9. The van der Waals surface area contributed by atoms with Gasteiger partial charge in [0, 0.05) is 23.5 Å². The molecule has 0 bridgehead atoms. The van der Waals surface area contributed by atoms with Gasteiger partial charge in [0.2, 0.25) is 0 Å². The Hall–Kier alpha value is -2.84. The number of rotatable bonds is 9. The quantitative estimate of drug-likeness (QED) is 0.318. The highest BCUT2D eigenvalue weighted by atomic mass is 32.1. The molecule has 8 heteroatoms. The van der Waals surface area contributed by atoms with Crippen molar-refractivity contribution in [1.29, 1.82) is 0 Å². The Bertz CT molecular complexity index is 1340. The molecule has 1 fully saturated rings. The van der Waals surface area contributed by atoms with E-state index >= 15 is 0 Å². The lowest BCUT2D eigenvalue weighted by atomic mass is 10.0. The first kappa shape index (κ1) is 23.9. The summed E-state index contributed by atoms with van der Waals surface area (Å²) in [5.41, 5.74) is 3.97. The van der Waals surface area contributed by atoms with Crippen LogP contribution in [0, 0.1) is 13.8 Å². The number of nitrogens with one attached hydrogen (secondary N) is 1. The van der Waals surface area contributed by atoms with Crippen molar-refractivity contribution < 1.29 is 0 Å². The lowest BCUT2D eigenvalue weighted by Crippen LogP contribution is -2.33. The molecule has 1 N–H and O–H groups in total. The molecule has 0 spiro atoms. The van der Waals surface area contributed by atoms with Crippen LogP contribution in [0.3, 0.4) is 0 Å². The summed E-state index contributed by atoms with van der Waals surface area (Å²) < 4.78 is 2.08. The smallest absolute Gasteiger partial charge is 0.252 e. The van der Waals surface area contributed by atoms with E-state index in [-0.39, 0.29) is 11.6 Å². The highest BCUT2D eigenvalue weighted by Gasteiger charge is 2.30. The number of benzene rings is 1. The van der Waals surface area contributed by atoms with E-state index in [2.05, 4.69) is 79.7 Å². The Labute approximate surface area is 210 Å². The fourth-order valence-corrected chi connectivity index (χ4v) is 6.25. The van der Waals surface area contributed by atoms with E-state index in [1.54, 1.807) is 11.3 Å². The van der Waals surface area contributed by atoms with Gasteiger partial charge < -0.3 is 4.98 Å². The Kier molecular flexibility index (Phi) is 7.11. The van der Waals surface area contributed by atoms with Crippen molar-refractivity contribution in [2.24, 2.45) is 0 Å². The summed E-state index contributed by atoms with van der Waals surface area (Å²) in [6.07, 6.45) is 6.66. The molecule has 3 aromatic heterocycles. The molecule has 1 atom stereocenters. The molecule has 3 heterocycles. The SMILES string of the molecule is CCCC(c1nnnn1C1CCCC1)N(Cc1cccs1)Cc1cc2cc(C)cc(C)c2[nH]c1=O. The van der Waals surface area contributed by atoms with Crippen molar-refractivity contribution >= 4 is 22.2 Å². The van der Waals surface area contributed by atoms with E-state index < -0.39 is 0 Å². The normalized spacial score (nSPS) is 15.4. The molecule has 4 aromatic rings. The van der Waals surface area contributed by atoms with Crippen LogP contribution < -0.4 is 5.56 Å². The molecule has 35 heavy (non-hydrogen) atoms. The van der Waals surface area contributed by atoms with E-state index in [0.29, 0.717) is 12.6 Å². The van der Waals surface area contributed by atoms with Gasteiger partial charge >= 0.3 is 0 Å². The van der Waals surface area contributed by atoms with Crippen LogP contribution in [0.5, 0.6) is 0 Å². The summed E-state index contributed by atoms with van der Waals surface area (Å²) in [5.74, 6) is 0.930. The molecule has 5 rings (SSSR count). The molecule has 1 aliphatic carbocycles. The number of H-pyrrole nitrogens is 1. The molecule has 184 valence electrons. The third-order valence-electron chi connectivity index (χ3n) is 7.17. The number of fused-ring (bicyclic) bond motifs is 1. The zero-order valence-electron chi connectivity index (χ0n) is 20.8. The van der Waals surface area contributed by atoms with E-state index in [1.165, 1.54) is 23.3 Å². The second-order valence-electron chi connectivity index (χ2n) is 9.88. The molecule has 0 saturated heterocycles. The molecule has 0 aliphatic heterocycles. The average Bonchev–Trinajstić information content (AvgIpc) is 3.60. The second kappa shape index (κ2) is 10.4. The Morgan fingerprint density at radius 1 is 1.20 bits per heavy atom. The third-order valence-corrected chi connectivity index (χ3v) is 8.03. The van der Waals surface area contributed by atoms with Crippen LogP contribution in [-0.2, 0) is 13.1 Å². The van der Waals surface area contributed by atoms with Crippen molar-refractivity contribution in [2.45, 2.75) is 84.5 Å². The molecule has 1 saturated carbocycles. The van der Waals surface area contributed by atoms with E-state index in [9.17, 15) is 4.79 Å². The van der Waals surface area contributed by atoms with Crippen molar-refractivity contribution in [3.8, 4) is 0 Å². The Morgan fingerprint density at radius 2 is 2.03 bits per heavy atom. The first-order valence-corrected chi connectivity index (χ1v) is 13.6. The highest BCUT2D eigenvalue weighted by Crippen LogP contribution is 2.34. The first-order chi connectivity index (χ1) is 17.0. The topological polar surface area (TPSA) is 79.7 Å². The van der Waals surface area contributed by atoms with Crippen LogP contribution in [0.25, 0.3) is 10.9 Å². The van der Waals surface area contributed by atoms with Gasteiger partial charge in [-0.05, 0) is 78.1 Å². The first-order valence-electron chi connectivity index (χ1n) is 12.7. The molecule has 7 nitrogen and oxygen atoms in total. The summed E-state index contributed by atoms with van der Waals surface area (Å²) in [5, 5.41) is 16.3. The van der Waals surface area contributed by atoms with Crippen LogP contribution in [0.1, 0.15) is 84.9 Å². The van der Waals surface area contributed by atoms with Gasteiger partial charge in [-0.25, -0.2) is 4.68 Å². The number of tetrazole rings is 1. The lowest BCUT2D eigenvalue weighted by molar-refractivity contribution is 0.154. The van der Waals surface area contributed by atoms with Gasteiger partial charge in [0.25, 0.3) is 5.56 Å². The van der Waals surface area contributed by atoms with E-state index in [1.807, 2.05) is 6.92 Å². The summed E-state index contributed by atoms with van der Waals surface area (Å²) in [7, 11) is 0. The van der Waals surface area contributed by atoms with Gasteiger partial charge in [-0.1, -0.05) is 43.9 Å². The average molecular weight is 491 g/mol. The molecule has 0 radical (unpaired) electrons. The summed E-state index contributed by atoms with van der Waals surface area (Å²) >= 11 is 1.75. The van der Waals surface area contributed by atoms with Crippen LogP contribution >= 0.6 is 11.3 Å². The Balaban J connectivity index is 1.55. The molecule has 0 amide bonds. The monoisotopic (exact) mass is 490 g/mol. The van der Waals surface area contributed by atoms with Gasteiger partial charge in [-0.2, -0.15) is 0 Å². The number of nitrogens with zero attached hydrogens (tertiary/aromatic N) is 5. The molecule has 1 unspecified atom stereocenters. The zero-order chi connectivity index (χ0) is 24.4. The van der Waals surface area contributed by atoms with Gasteiger partial charge in [0.05, 0.1) is 17.6 Å². The van der Waals surface area contributed by atoms with Gasteiger partial charge in [-0.15, -0.1) is 16.4 Å². The summed E-state index contributed by atoms with van der Waals surface area (Å²) in [4.78, 5) is 20.0. The predicted octanol–water partition coefficient (Wildman–Crippen LogP) is 5.85. The number of hydrogen-bond acceptors (Lipinski definition) is 6. The fraction of sp³-hybridized carbons (Fsp3) is 0.481. The van der Waals surface area contributed by atoms with Gasteiger partial charge in [0.15, 0.2) is 5.82 Å². The van der Waals surface area contributed by atoms with Gasteiger partial charge in [-0.3, -0.25) is 9.69 Å². The van der Waals surface area contributed by atoms with Crippen molar-refractivity contribution in [3.63, 3.8) is 0 Å². The van der Waals surface area contributed by atoms with Crippen LogP contribution in [-0.4, -0.2) is 30.1 Å². The minimum absolute atomic E-state index is 0.0220.